The molecule has 0 aliphatic carbocycles. The highest BCUT2D eigenvalue weighted by molar-refractivity contribution is 7.46. The molecule has 0 spiro atoms. The second kappa shape index (κ2) is 6.20. The minimum absolute atomic E-state index is 0.0344. The van der Waals surface area contributed by atoms with Crippen molar-refractivity contribution in [3.63, 3.8) is 0 Å². The van der Waals surface area contributed by atoms with Gasteiger partial charge in [-0.1, -0.05) is 6.07 Å². The normalized spacial score (nSPS) is 11.6. The molecule has 1 aromatic rings. The average Bonchev–Trinajstić information content (AvgIpc) is 2.28. The summed E-state index contributed by atoms with van der Waals surface area (Å²) >= 11 is 0. The molecule has 0 amide bonds. The van der Waals surface area contributed by atoms with Crippen LogP contribution in [-0.4, -0.2) is 28.0 Å². The fourth-order valence-electron chi connectivity index (χ4n) is 1.61. The minimum Gasteiger partial charge on any atom is -0.508 e. The molecule has 0 saturated heterocycles. The first-order chi connectivity index (χ1) is 8.37. The van der Waals surface area contributed by atoms with Crippen molar-refractivity contribution in [1.29, 1.82) is 0 Å². The number of anilines is 1. The van der Waals surface area contributed by atoms with Gasteiger partial charge in [0.25, 0.3) is 0 Å². The predicted octanol–water partition coefficient (Wildman–Crippen LogP) is 1.85. The van der Waals surface area contributed by atoms with Gasteiger partial charge < -0.3 is 19.8 Å². The van der Waals surface area contributed by atoms with E-state index in [0.29, 0.717) is 5.56 Å². The van der Waals surface area contributed by atoms with Crippen molar-refractivity contribution >= 4 is 13.5 Å². The number of rotatable bonds is 6. The molecule has 0 saturated carbocycles. The van der Waals surface area contributed by atoms with E-state index in [4.69, 9.17) is 9.79 Å². The van der Waals surface area contributed by atoms with Gasteiger partial charge >= 0.3 is 7.82 Å². The summed E-state index contributed by atoms with van der Waals surface area (Å²) in [6.45, 7) is 5.31. The third-order valence-corrected chi connectivity index (χ3v) is 3.05. The number of phenolic OH excluding ortho intramolecular Hbond substituents is 1. The second-order valence-corrected chi connectivity index (χ2v) is 4.99. The van der Waals surface area contributed by atoms with Crippen LogP contribution in [0, 0.1) is 0 Å². The van der Waals surface area contributed by atoms with Gasteiger partial charge in [0.2, 0.25) is 0 Å². The summed E-state index contributed by atoms with van der Waals surface area (Å²) in [5.41, 5.74) is 1.20. The van der Waals surface area contributed by atoms with Crippen LogP contribution >= 0.6 is 7.82 Å². The molecule has 102 valence electrons. The summed E-state index contributed by atoms with van der Waals surface area (Å²) in [7, 11) is -4.52. The van der Waals surface area contributed by atoms with Gasteiger partial charge in [0, 0.05) is 30.4 Å². The van der Waals surface area contributed by atoms with Crippen LogP contribution in [0.3, 0.4) is 0 Å². The first kappa shape index (κ1) is 15.0. The zero-order valence-corrected chi connectivity index (χ0v) is 11.3. The standard InChI is InChI=1S/C11H18NO5P/c1-3-12(4-2)10-6-5-9(11(13)7-10)8-17-18(14,15)16/h5-7,13H,3-4,8H2,1-2H3,(H2,14,15,16). The number of hydrogen-bond acceptors (Lipinski definition) is 4. The largest absolute Gasteiger partial charge is 0.508 e. The maximum Gasteiger partial charge on any atom is 0.469 e. The molecule has 0 fully saturated rings. The molecule has 0 bridgehead atoms. The van der Waals surface area contributed by atoms with Crippen LogP contribution in [0.25, 0.3) is 0 Å². The van der Waals surface area contributed by atoms with Gasteiger partial charge in [-0.3, -0.25) is 4.52 Å². The Morgan fingerprint density at radius 3 is 2.33 bits per heavy atom. The third kappa shape index (κ3) is 4.31. The lowest BCUT2D eigenvalue weighted by Gasteiger charge is -2.21. The predicted molar refractivity (Wildman–Crippen MR) is 68.5 cm³/mol. The Morgan fingerprint density at radius 1 is 1.28 bits per heavy atom. The fourth-order valence-corrected chi connectivity index (χ4v) is 1.92. The van der Waals surface area contributed by atoms with E-state index in [1.165, 1.54) is 0 Å². The Bertz CT molecular complexity index is 441. The number of nitrogens with zero attached hydrogens (tertiary/aromatic N) is 1. The first-order valence-corrected chi connectivity index (χ1v) is 7.17. The van der Waals surface area contributed by atoms with Crippen molar-refractivity contribution in [1.82, 2.24) is 0 Å². The van der Waals surface area contributed by atoms with E-state index in [2.05, 4.69) is 4.52 Å². The van der Waals surface area contributed by atoms with E-state index < -0.39 is 7.82 Å². The van der Waals surface area contributed by atoms with E-state index in [9.17, 15) is 9.67 Å². The lowest BCUT2D eigenvalue weighted by atomic mass is 10.2. The van der Waals surface area contributed by atoms with Gasteiger partial charge in [0.15, 0.2) is 0 Å². The maximum atomic E-state index is 10.6. The van der Waals surface area contributed by atoms with Crippen LogP contribution in [0.1, 0.15) is 19.4 Å². The smallest absolute Gasteiger partial charge is 0.469 e. The molecule has 7 heteroatoms. The Morgan fingerprint density at radius 2 is 1.89 bits per heavy atom. The number of aromatic hydroxyl groups is 1. The molecule has 1 rings (SSSR count). The SMILES string of the molecule is CCN(CC)c1ccc(COP(=O)(O)O)c(O)c1. The van der Waals surface area contributed by atoms with E-state index in [1.807, 2.05) is 18.7 Å². The highest BCUT2D eigenvalue weighted by Gasteiger charge is 2.15. The van der Waals surface area contributed by atoms with Crippen LogP contribution in [0.4, 0.5) is 5.69 Å². The molecule has 1 aromatic carbocycles. The molecule has 0 radical (unpaired) electrons. The van der Waals surface area contributed by atoms with Gasteiger partial charge in [-0.05, 0) is 19.9 Å². The van der Waals surface area contributed by atoms with Crippen molar-refractivity contribution < 1.29 is 24.0 Å². The summed E-state index contributed by atoms with van der Waals surface area (Å²) in [5, 5.41) is 9.77. The number of phenols is 1. The Hall–Kier alpha value is -1.07. The number of hydrogen-bond donors (Lipinski definition) is 3. The van der Waals surface area contributed by atoms with Crippen LogP contribution in [0.15, 0.2) is 18.2 Å². The Kier molecular flexibility index (Phi) is 5.16. The van der Waals surface area contributed by atoms with Crippen LogP contribution < -0.4 is 4.90 Å². The molecule has 0 heterocycles. The highest BCUT2D eigenvalue weighted by atomic mass is 31.2. The van der Waals surface area contributed by atoms with E-state index in [-0.39, 0.29) is 12.4 Å². The van der Waals surface area contributed by atoms with E-state index in [1.54, 1.807) is 18.2 Å². The van der Waals surface area contributed by atoms with Gasteiger partial charge in [0.1, 0.15) is 5.75 Å². The highest BCUT2D eigenvalue weighted by Crippen LogP contribution is 2.38. The Labute approximate surface area is 106 Å². The lowest BCUT2D eigenvalue weighted by molar-refractivity contribution is 0.187. The Balaban J connectivity index is 2.82. The summed E-state index contributed by atoms with van der Waals surface area (Å²) < 4.78 is 14.9. The van der Waals surface area contributed by atoms with Crippen molar-refractivity contribution in [3.05, 3.63) is 23.8 Å². The topological polar surface area (TPSA) is 90.2 Å². The van der Waals surface area contributed by atoms with Gasteiger partial charge in [-0.15, -0.1) is 0 Å². The van der Waals surface area contributed by atoms with Crippen LogP contribution in [0.2, 0.25) is 0 Å². The van der Waals surface area contributed by atoms with Crippen molar-refractivity contribution in [2.45, 2.75) is 20.5 Å². The zero-order valence-electron chi connectivity index (χ0n) is 10.4. The van der Waals surface area contributed by atoms with Crippen LogP contribution in [-0.2, 0) is 15.7 Å². The van der Waals surface area contributed by atoms with E-state index >= 15 is 0 Å². The molecule has 18 heavy (non-hydrogen) atoms. The molecule has 0 unspecified atom stereocenters. The second-order valence-electron chi connectivity index (χ2n) is 3.75. The molecule has 0 aromatic heterocycles. The van der Waals surface area contributed by atoms with Crippen LogP contribution in [0.5, 0.6) is 5.75 Å². The van der Waals surface area contributed by atoms with Crippen molar-refractivity contribution in [2.24, 2.45) is 0 Å². The number of phosphoric acid groups is 1. The van der Waals surface area contributed by atoms with Crippen molar-refractivity contribution in [2.75, 3.05) is 18.0 Å². The third-order valence-electron chi connectivity index (χ3n) is 2.59. The fraction of sp³-hybridized carbons (Fsp3) is 0.455. The van der Waals surface area contributed by atoms with Gasteiger partial charge in [-0.2, -0.15) is 0 Å². The van der Waals surface area contributed by atoms with E-state index in [0.717, 1.165) is 18.8 Å². The molecular formula is C11H18NO5P. The minimum atomic E-state index is -4.52. The van der Waals surface area contributed by atoms with Gasteiger partial charge in [0.05, 0.1) is 6.61 Å². The quantitative estimate of drug-likeness (QED) is 0.686. The zero-order chi connectivity index (χ0) is 13.8. The number of phosphoric ester groups is 1. The molecule has 0 aliphatic rings. The summed E-state index contributed by atoms with van der Waals surface area (Å²) in [5.74, 6) is -0.0344. The molecule has 0 atom stereocenters. The molecule has 0 aliphatic heterocycles. The van der Waals surface area contributed by atoms with Gasteiger partial charge in [-0.25, -0.2) is 4.57 Å². The lowest BCUT2D eigenvalue weighted by Crippen LogP contribution is -2.21. The monoisotopic (exact) mass is 275 g/mol. The molecule has 3 N–H and O–H groups in total. The number of benzene rings is 1. The maximum absolute atomic E-state index is 10.6. The summed E-state index contributed by atoms with van der Waals surface area (Å²) in [4.78, 5) is 19.2. The van der Waals surface area contributed by atoms with Crippen molar-refractivity contribution in [3.8, 4) is 5.75 Å². The average molecular weight is 275 g/mol. The first-order valence-electron chi connectivity index (χ1n) is 5.64. The summed E-state index contributed by atoms with van der Waals surface area (Å²) in [6.07, 6.45) is 0. The molecular weight excluding hydrogens is 257 g/mol. The summed E-state index contributed by atoms with van der Waals surface area (Å²) in [6, 6.07) is 4.94. The molecule has 6 nitrogen and oxygen atoms in total.